The van der Waals surface area contributed by atoms with Crippen molar-refractivity contribution in [1.29, 1.82) is 0 Å². The van der Waals surface area contributed by atoms with E-state index < -0.39 is 9.84 Å². The highest BCUT2D eigenvalue weighted by molar-refractivity contribution is 7.91. The second-order valence-electron chi connectivity index (χ2n) is 10.3. The highest BCUT2D eigenvalue weighted by Gasteiger charge is 2.30. The lowest BCUT2D eigenvalue weighted by Gasteiger charge is -2.28. The van der Waals surface area contributed by atoms with Crippen LogP contribution in [0.2, 0.25) is 0 Å². The lowest BCUT2D eigenvalue weighted by atomic mass is 10.0. The molecule has 214 valence electrons. The number of rotatable bonds is 6. The van der Waals surface area contributed by atoms with Crippen molar-refractivity contribution in [2.75, 3.05) is 48.0 Å². The minimum Gasteiger partial charge on any atom is -0.364 e. The summed E-state index contributed by atoms with van der Waals surface area (Å²) in [7, 11) is -3.08. The Morgan fingerprint density at radius 2 is 1.59 bits per heavy atom. The molecular weight excluding hydrogens is 542 g/mol. The third-order valence-electron chi connectivity index (χ3n) is 7.55. The molecule has 5 rings (SSSR count). The van der Waals surface area contributed by atoms with Gasteiger partial charge in [0.2, 0.25) is 5.91 Å². The van der Waals surface area contributed by atoms with Gasteiger partial charge >= 0.3 is 0 Å². The minimum atomic E-state index is -3.08. The number of nitrogens with one attached hydrogen (secondary N) is 1. The van der Waals surface area contributed by atoms with E-state index in [2.05, 4.69) is 5.32 Å². The molecule has 1 atom stereocenters. The van der Waals surface area contributed by atoms with Crippen molar-refractivity contribution >= 4 is 38.9 Å². The van der Waals surface area contributed by atoms with Gasteiger partial charge in [-0.15, -0.1) is 0 Å². The number of hydrogen-bond donors (Lipinski definition) is 1. The van der Waals surface area contributed by atoms with Crippen molar-refractivity contribution in [3.63, 3.8) is 0 Å². The van der Waals surface area contributed by atoms with E-state index >= 15 is 0 Å². The first-order valence-corrected chi connectivity index (χ1v) is 15.5. The predicted octanol–water partition coefficient (Wildman–Crippen LogP) is 4.00. The maximum Gasteiger partial charge on any atom is 0.258 e. The zero-order valence-corrected chi connectivity index (χ0v) is 23.7. The summed E-state index contributed by atoms with van der Waals surface area (Å²) in [5.41, 5.74) is 4.11. The Morgan fingerprint density at radius 1 is 0.902 bits per heavy atom. The minimum absolute atomic E-state index is 0.0257. The van der Waals surface area contributed by atoms with Crippen molar-refractivity contribution in [2.24, 2.45) is 0 Å². The van der Waals surface area contributed by atoms with E-state index in [9.17, 15) is 22.8 Å². The molecule has 10 heteroatoms. The summed E-state index contributed by atoms with van der Waals surface area (Å²) in [6.45, 7) is 2.58. The van der Waals surface area contributed by atoms with Crippen LogP contribution < -0.4 is 10.2 Å². The van der Waals surface area contributed by atoms with Gasteiger partial charge in [-0.2, -0.15) is 0 Å². The second-order valence-corrected chi connectivity index (χ2v) is 12.6. The number of fused-ring (bicyclic) bond motifs is 1. The predicted molar refractivity (Wildman–Crippen MR) is 157 cm³/mol. The number of sulfone groups is 1. The topological polar surface area (TPSA) is 113 Å². The van der Waals surface area contributed by atoms with Crippen molar-refractivity contribution in [3.05, 3.63) is 95.1 Å². The van der Waals surface area contributed by atoms with E-state index in [0.29, 0.717) is 36.2 Å². The lowest BCUT2D eigenvalue weighted by Crippen LogP contribution is -2.45. The molecule has 0 radical (unpaired) electrons. The molecular formula is C31H33N3O6S. The van der Waals surface area contributed by atoms with Gasteiger partial charge in [0, 0.05) is 47.7 Å². The summed E-state index contributed by atoms with van der Waals surface area (Å²) < 4.78 is 29.5. The van der Waals surface area contributed by atoms with Crippen LogP contribution in [0, 0.1) is 6.92 Å². The number of amides is 3. The monoisotopic (exact) mass is 575 g/mol. The molecule has 41 heavy (non-hydrogen) atoms. The van der Waals surface area contributed by atoms with Crippen LogP contribution in [0.3, 0.4) is 0 Å². The molecule has 1 N–H and O–H groups in total. The first-order chi connectivity index (χ1) is 19.7. The first kappa shape index (κ1) is 28.5. The van der Waals surface area contributed by atoms with E-state index in [1.165, 1.54) is 4.90 Å². The highest BCUT2D eigenvalue weighted by atomic mass is 32.2. The average molecular weight is 576 g/mol. The van der Waals surface area contributed by atoms with Gasteiger partial charge in [0.15, 0.2) is 9.84 Å². The van der Waals surface area contributed by atoms with Crippen LogP contribution in [0.1, 0.15) is 50.8 Å². The third kappa shape index (κ3) is 6.66. The van der Waals surface area contributed by atoms with Crippen LogP contribution in [-0.2, 0) is 19.4 Å². The van der Waals surface area contributed by atoms with E-state index in [-0.39, 0.29) is 55.0 Å². The van der Waals surface area contributed by atoms with Crippen LogP contribution in [0.25, 0.3) is 0 Å². The molecule has 1 fully saturated rings. The van der Waals surface area contributed by atoms with Crippen LogP contribution in [0.4, 0.5) is 11.4 Å². The van der Waals surface area contributed by atoms with Gasteiger partial charge in [0.25, 0.3) is 11.8 Å². The summed E-state index contributed by atoms with van der Waals surface area (Å²) in [5, 5.41) is 2.89. The molecule has 1 saturated heterocycles. The SMILES string of the molecule is Cc1ccccc1C(=O)Nc1ccc(C(=O)N2CCCC(OCC(=O)N3CCS(=O)(=O)CC3)c3ccccc32)cc1. The molecule has 2 aliphatic rings. The van der Waals surface area contributed by atoms with Crippen LogP contribution in [-0.4, -0.2) is 68.8 Å². The summed E-state index contributed by atoms with van der Waals surface area (Å²) >= 11 is 0. The molecule has 9 nitrogen and oxygen atoms in total. The number of anilines is 2. The molecule has 3 amide bonds. The first-order valence-electron chi connectivity index (χ1n) is 13.7. The summed E-state index contributed by atoms with van der Waals surface area (Å²) in [6.07, 6.45) is 0.929. The average Bonchev–Trinajstić information content (AvgIpc) is 3.15. The lowest BCUT2D eigenvalue weighted by molar-refractivity contribution is -0.138. The number of aryl methyl sites for hydroxylation is 1. The summed E-state index contributed by atoms with van der Waals surface area (Å²) in [4.78, 5) is 42.3. The Morgan fingerprint density at radius 3 is 2.32 bits per heavy atom. The number of hydrogen-bond acceptors (Lipinski definition) is 6. The van der Waals surface area contributed by atoms with Gasteiger partial charge in [-0.25, -0.2) is 8.42 Å². The number of benzene rings is 3. The van der Waals surface area contributed by atoms with Gasteiger partial charge in [-0.1, -0.05) is 36.4 Å². The summed E-state index contributed by atoms with van der Waals surface area (Å²) in [6, 6.07) is 21.7. The molecule has 0 saturated carbocycles. The van der Waals surface area contributed by atoms with Gasteiger partial charge in [0.05, 0.1) is 17.6 Å². The second kappa shape index (κ2) is 12.2. The highest BCUT2D eigenvalue weighted by Crippen LogP contribution is 2.36. The third-order valence-corrected chi connectivity index (χ3v) is 9.16. The Hall–Kier alpha value is -4.02. The molecule has 0 aliphatic carbocycles. The van der Waals surface area contributed by atoms with Gasteiger partial charge in [-0.05, 0) is 61.7 Å². The van der Waals surface area contributed by atoms with Gasteiger partial charge < -0.3 is 19.9 Å². The molecule has 2 aliphatic heterocycles. The fraction of sp³-hybridized carbons (Fsp3) is 0.323. The van der Waals surface area contributed by atoms with Gasteiger partial charge in [-0.3, -0.25) is 14.4 Å². The largest absolute Gasteiger partial charge is 0.364 e. The van der Waals surface area contributed by atoms with Crippen molar-refractivity contribution in [1.82, 2.24) is 4.90 Å². The van der Waals surface area contributed by atoms with Crippen molar-refractivity contribution in [2.45, 2.75) is 25.9 Å². The molecule has 3 aromatic carbocycles. The van der Waals surface area contributed by atoms with Crippen molar-refractivity contribution < 1.29 is 27.5 Å². The zero-order chi connectivity index (χ0) is 29.0. The quantitative estimate of drug-likeness (QED) is 0.476. The molecule has 1 unspecified atom stereocenters. The molecule has 3 aromatic rings. The van der Waals surface area contributed by atoms with E-state index in [0.717, 1.165) is 16.8 Å². The summed E-state index contributed by atoms with van der Waals surface area (Å²) in [5.74, 6) is -0.660. The number of carbonyl (C=O) groups excluding carboxylic acids is 3. The van der Waals surface area contributed by atoms with Crippen LogP contribution in [0.5, 0.6) is 0 Å². The van der Waals surface area contributed by atoms with Crippen LogP contribution >= 0.6 is 0 Å². The standard InChI is InChI=1S/C31H33N3O6S/c1-22-7-2-3-8-25(22)30(36)32-24-14-12-23(13-15-24)31(37)34-16-6-11-28(26-9-4-5-10-27(26)34)40-21-29(35)33-17-19-41(38,39)20-18-33/h2-5,7-10,12-15,28H,6,11,16-21H2,1H3,(H,32,36). The zero-order valence-electron chi connectivity index (χ0n) is 22.9. The number of para-hydroxylation sites is 1. The normalized spacial score (nSPS) is 18.2. The molecule has 0 aromatic heterocycles. The molecule has 2 heterocycles. The molecule has 0 spiro atoms. The van der Waals surface area contributed by atoms with Crippen molar-refractivity contribution in [3.8, 4) is 0 Å². The Bertz CT molecular complexity index is 1540. The Kier molecular flexibility index (Phi) is 8.51. The fourth-order valence-electron chi connectivity index (χ4n) is 5.20. The number of nitrogens with zero attached hydrogens (tertiary/aromatic N) is 2. The Balaban J connectivity index is 1.26. The number of ether oxygens (including phenoxy) is 1. The van der Waals surface area contributed by atoms with E-state index in [1.807, 2.05) is 49.4 Å². The fourth-order valence-corrected chi connectivity index (χ4v) is 6.40. The maximum absolute atomic E-state index is 13.6. The van der Waals surface area contributed by atoms with Gasteiger partial charge in [0.1, 0.15) is 6.61 Å². The smallest absolute Gasteiger partial charge is 0.258 e. The maximum atomic E-state index is 13.6. The van der Waals surface area contributed by atoms with Crippen LogP contribution in [0.15, 0.2) is 72.8 Å². The van der Waals surface area contributed by atoms with E-state index in [4.69, 9.17) is 4.74 Å². The Labute approximate surface area is 240 Å². The number of carbonyl (C=O) groups is 3. The molecule has 0 bridgehead atoms. The van der Waals surface area contributed by atoms with E-state index in [1.54, 1.807) is 35.2 Å².